The van der Waals surface area contributed by atoms with E-state index >= 15 is 0 Å². The molecule has 0 aromatic heterocycles. The van der Waals surface area contributed by atoms with Crippen LogP contribution >= 0.6 is 0 Å². The van der Waals surface area contributed by atoms with Gasteiger partial charge in [-0.3, -0.25) is 9.00 Å². The number of nitriles is 1. The zero-order valence-corrected chi connectivity index (χ0v) is 21.5. The van der Waals surface area contributed by atoms with Crippen molar-refractivity contribution in [3.8, 4) is 6.07 Å². The molecule has 8 heteroatoms. The number of carbonyl (C=O) groups excluding carboxylic acids is 1. The SMILES string of the molecule is CCS(=O)C1(C2CCC(OCCN3CCC4(CC3)C(=O)NC3CCC(C#N)CC34)CC2)COC1. The molecule has 4 unspecified atom stereocenters. The van der Waals surface area contributed by atoms with Crippen molar-refractivity contribution in [2.24, 2.45) is 23.2 Å². The first-order valence-electron chi connectivity index (χ1n) is 13.5. The fraction of sp³-hybridized carbons (Fsp3) is 0.923. The van der Waals surface area contributed by atoms with Crippen LogP contribution in [0.4, 0.5) is 0 Å². The van der Waals surface area contributed by atoms with Crippen LogP contribution in [0.25, 0.3) is 0 Å². The number of hydrogen-bond acceptors (Lipinski definition) is 6. The Morgan fingerprint density at radius 2 is 1.91 bits per heavy atom. The Kier molecular flexibility index (Phi) is 7.37. The summed E-state index contributed by atoms with van der Waals surface area (Å²) < 4.78 is 24.3. The van der Waals surface area contributed by atoms with E-state index in [1.54, 1.807) is 0 Å². The molecule has 0 aromatic carbocycles. The third-order valence-corrected chi connectivity index (χ3v) is 11.8. The highest BCUT2D eigenvalue weighted by molar-refractivity contribution is 7.86. The number of nitrogens with one attached hydrogen (secondary N) is 1. The highest BCUT2D eigenvalue weighted by Gasteiger charge is 2.57. The molecule has 0 aromatic rings. The molecule has 7 nitrogen and oxygen atoms in total. The van der Waals surface area contributed by atoms with Gasteiger partial charge in [0.25, 0.3) is 0 Å². The van der Waals surface area contributed by atoms with Crippen molar-refractivity contribution < 1.29 is 18.5 Å². The van der Waals surface area contributed by atoms with Gasteiger partial charge in [-0.05, 0) is 82.7 Å². The average molecular weight is 492 g/mol. The summed E-state index contributed by atoms with van der Waals surface area (Å²) in [6.45, 7) is 6.89. The lowest BCUT2D eigenvalue weighted by atomic mass is 9.63. The number of piperidine rings is 1. The van der Waals surface area contributed by atoms with Crippen molar-refractivity contribution in [1.82, 2.24) is 10.2 Å². The van der Waals surface area contributed by atoms with Crippen LogP contribution in [0.5, 0.6) is 0 Å². The molecular formula is C26H41N3O4S. The Morgan fingerprint density at radius 3 is 2.53 bits per heavy atom. The zero-order valence-electron chi connectivity index (χ0n) is 20.6. The molecule has 190 valence electrons. The largest absolute Gasteiger partial charge is 0.378 e. The van der Waals surface area contributed by atoms with Crippen LogP contribution in [-0.2, 0) is 25.1 Å². The molecule has 1 N–H and O–H groups in total. The van der Waals surface area contributed by atoms with E-state index in [2.05, 4.69) is 16.3 Å². The van der Waals surface area contributed by atoms with Gasteiger partial charge in [0, 0.05) is 35.1 Å². The fourth-order valence-corrected chi connectivity index (χ4v) is 9.19. The molecule has 3 aliphatic heterocycles. The maximum atomic E-state index is 13.0. The molecule has 5 fully saturated rings. The minimum atomic E-state index is -0.790. The molecule has 4 atom stereocenters. The van der Waals surface area contributed by atoms with Crippen molar-refractivity contribution >= 4 is 16.7 Å². The van der Waals surface area contributed by atoms with Gasteiger partial charge < -0.3 is 19.7 Å². The van der Waals surface area contributed by atoms with Crippen LogP contribution in [0.3, 0.4) is 0 Å². The van der Waals surface area contributed by atoms with Gasteiger partial charge in [-0.1, -0.05) is 6.92 Å². The number of rotatable bonds is 7. The van der Waals surface area contributed by atoms with E-state index in [1.165, 1.54) is 0 Å². The summed E-state index contributed by atoms with van der Waals surface area (Å²) in [7, 11) is -0.790. The summed E-state index contributed by atoms with van der Waals surface area (Å²) in [6, 6.07) is 2.74. The molecule has 3 heterocycles. The van der Waals surface area contributed by atoms with Crippen molar-refractivity contribution in [2.45, 2.75) is 81.6 Å². The lowest BCUT2D eigenvalue weighted by Crippen LogP contribution is -2.59. The van der Waals surface area contributed by atoms with Crippen LogP contribution < -0.4 is 5.32 Å². The standard InChI is InChI=1S/C26H41N3O4S/c1-2-34(31)26(17-32-18-26)20-4-6-21(7-5-20)33-14-13-29-11-9-25(10-12-29)22-15-19(16-27)3-8-23(22)28-24(25)30/h19-23H,2-15,17-18H2,1H3,(H,28,30). The van der Waals surface area contributed by atoms with E-state index in [4.69, 9.17) is 9.47 Å². The number of fused-ring (bicyclic) bond motifs is 2. The second-order valence-electron chi connectivity index (χ2n) is 11.4. The van der Waals surface area contributed by atoms with E-state index in [0.29, 0.717) is 31.2 Å². The minimum Gasteiger partial charge on any atom is -0.378 e. The second kappa shape index (κ2) is 10.2. The first kappa shape index (κ1) is 24.7. The number of amides is 1. The van der Waals surface area contributed by atoms with Crippen molar-refractivity contribution in [3.63, 3.8) is 0 Å². The minimum absolute atomic E-state index is 0.0966. The summed E-state index contributed by atoms with van der Waals surface area (Å²) in [5, 5.41) is 12.7. The smallest absolute Gasteiger partial charge is 0.226 e. The first-order valence-corrected chi connectivity index (χ1v) is 14.8. The molecule has 3 saturated heterocycles. The van der Waals surface area contributed by atoms with Gasteiger partial charge in [-0.2, -0.15) is 5.26 Å². The number of carbonyl (C=O) groups is 1. The molecular weight excluding hydrogens is 450 g/mol. The summed E-state index contributed by atoms with van der Waals surface area (Å²) in [5.41, 5.74) is -0.254. The monoisotopic (exact) mass is 491 g/mol. The molecule has 5 aliphatic rings. The highest BCUT2D eigenvalue weighted by atomic mass is 32.2. The predicted molar refractivity (Wildman–Crippen MR) is 130 cm³/mol. The van der Waals surface area contributed by atoms with Crippen LogP contribution in [0.1, 0.15) is 64.7 Å². The molecule has 0 bridgehead atoms. The summed E-state index contributed by atoms with van der Waals surface area (Å²) >= 11 is 0. The molecule has 0 radical (unpaired) electrons. The maximum Gasteiger partial charge on any atom is 0.226 e. The lowest BCUT2D eigenvalue weighted by molar-refractivity contribution is -0.132. The van der Waals surface area contributed by atoms with E-state index in [0.717, 1.165) is 89.8 Å². The topological polar surface area (TPSA) is 91.7 Å². The lowest BCUT2D eigenvalue weighted by Gasteiger charge is -2.48. The van der Waals surface area contributed by atoms with Crippen molar-refractivity contribution in [2.75, 3.05) is 45.2 Å². The van der Waals surface area contributed by atoms with Gasteiger partial charge in [-0.25, -0.2) is 0 Å². The Hall–Kier alpha value is -1.01. The number of likely N-dealkylation sites (tertiary alicyclic amines) is 1. The van der Waals surface area contributed by atoms with E-state index in [-0.39, 0.29) is 28.0 Å². The Bertz CT molecular complexity index is 809. The number of nitrogens with zero attached hydrogens (tertiary/aromatic N) is 2. The third-order valence-electron chi connectivity index (χ3n) is 9.85. The molecule has 1 amide bonds. The van der Waals surface area contributed by atoms with E-state index < -0.39 is 10.8 Å². The van der Waals surface area contributed by atoms with Crippen molar-refractivity contribution in [1.29, 1.82) is 5.26 Å². The summed E-state index contributed by atoms with van der Waals surface area (Å²) in [4.78, 5) is 15.4. The molecule has 2 saturated carbocycles. The Balaban J connectivity index is 1.05. The molecule has 5 rings (SSSR count). The van der Waals surface area contributed by atoms with Gasteiger partial charge >= 0.3 is 0 Å². The second-order valence-corrected chi connectivity index (χ2v) is 13.4. The quantitative estimate of drug-likeness (QED) is 0.589. The van der Waals surface area contributed by atoms with Crippen molar-refractivity contribution in [3.05, 3.63) is 0 Å². The Labute approximate surface area is 206 Å². The first-order chi connectivity index (χ1) is 16.5. The van der Waals surface area contributed by atoms with Gasteiger partial charge in [0.15, 0.2) is 0 Å². The van der Waals surface area contributed by atoms with Crippen LogP contribution in [0, 0.1) is 34.5 Å². The fourth-order valence-electron chi connectivity index (χ4n) is 7.57. The van der Waals surface area contributed by atoms with Gasteiger partial charge in [0.2, 0.25) is 5.91 Å². The molecule has 2 aliphatic carbocycles. The van der Waals surface area contributed by atoms with Crippen LogP contribution in [0.15, 0.2) is 0 Å². The third kappa shape index (κ3) is 4.36. The van der Waals surface area contributed by atoms with E-state index in [9.17, 15) is 14.3 Å². The Morgan fingerprint density at radius 1 is 1.18 bits per heavy atom. The maximum absolute atomic E-state index is 13.0. The summed E-state index contributed by atoms with van der Waals surface area (Å²) in [6.07, 6.45) is 9.17. The van der Waals surface area contributed by atoms with Gasteiger partial charge in [-0.15, -0.1) is 0 Å². The molecule has 1 spiro atoms. The van der Waals surface area contributed by atoms with Gasteiger partial charge in [0.1, 0.15) is 0 Å². The number of ether oxygens (including phenoxy) is 2. The summed E-state index contributed by atoms with van der Waals surface area (Å²) in [5.74, 6) is 1.91. The van der Waals surface area contributed by atoms with Crippen LogP contribution in [0.2, 0.25) is 0 Å². The van der Waals surface area contributed by atoms with Gasteiger partial charge in [0.05, 0.1) is 42.2 Å². The zero-order chi connectivity index (χ0) is 23.8. The average Bonchev–Trinajstić information content (AvgIpc) is 3.10. The molecule has 34 heavy (non-hydrogen) atoms. The predicted octanol–water partition coefficient (Wildman–Crippen LogP) is 2.62. The van der Waals surface area contributed by atoms with Crippen LogP contribution in [-0.4, -0.2) is 77.1 Å². The number of hydrogen-bond donors (Lipinski definition) is 1. The normalized spacial score (nSPS) is 37.9. The highest BCUT2D eigenvalue weighted by Crippen LogP contribution is 2.51. The van der Waals surface area contributed by atoms with E-state index in [1.807, 2.05) is 6.92 Å².